The first-order valence-electron chi connectivity index (χ1n) is 9.02. The van der Waals surface area contributed by atoms with E-state index >= 15 is 0 Å². The van der Waals surface area contributed by atoms with Crippen LogP contribution in [0.4, 0.5) is 0 Å². The van der Waals surface area contributed by atoms with E-state index in [0.29, 0.717) is 12.1 Å². The minimum atomic E-state index is -1.36. The summed E-state index contributed by atoms with van der Waals surface area (Å²) in [5.74, 6) is 7.07. The summed E-state index contributed by atoms with van der Waals surface area (Å²) < 4.78 is 0. The normalized spacial score (nSPS) is 22.5. The Labute approximate surface area is 149 Å². The molecule has 1 saturated heterocycles. The van der Waals surface area contributed by atoms with Gasteiger partial charge < -0.3 is 0 Å². The van der Waals surface area contributed by atoms with Gasteiger partial charge in [0.25, 0.3) is 0 Å². The van der Waals surface area contributed by atoms with Gasteiger partial charge >= 0.3 is 0 Å². The largest absolute Gasteiger partial charge is 0.292 e. The summed E-state index contributed by atoms with van der Waals surface area (Å²) >= 11 is 0. The molecule has 2 aliphatic heterocycles. The summed E-state index contributed by atoms with van der Waals surface area (Å²) in [4.78, 5) is 2.55. The van der Waals surface area contributed by atoms with Crippen LogP contribution in [0.2, 0.25) is 39.3 Å². The second kappa shape index (κ2) is 5.92. The molecule has 0 aliphatic carbocycles. The van der Waals surface area contributed by atoms with E-state index in [1.807, 2.05) is 0 Å². The van der Waals surface area contributed by atoms with Gasteiger partial charge in [-0.25, -0.2) is 0 Å². The molecular weight excluding hydrogens is 322 g/mol. The molecule has 0 radical (unpaired) electrons. The highest BCUT2D eigenvalue weighted by Crippen LogP contribution is 2.54. The van der Waals surface area contributed by atoms with Gasteiger partial charge in [-0.3, -0.25) is 4.90 Å². The number of nitrogens with zero attached hydrogens (tertiary/aromatic N) is 1. The van der Waals surface area contributed by atoms with Gasteiger partial charge in [-0.15, -0.1) is 11.1 Å². The SMILES string of the molecule is CN1C2CCC1c1c(C#C[Si](C)(C)C)ccc(C#C[Si](C)(C)C)c12. The van der Waals surface area contributed by atoms with Crippen molar-refractivity contribution in [3.63, 3.8) is 0 Å². The molecule has 1 aromatic carbocycles. The fourth-order valence-electron chi connectivity index (χ4n) is 3.72. The van der Waals surface area contributed by atoms with Gasteiger partial charge in [-0.2, -0.15) is 0 Å². The van der Waals surface area contributed by atoms with Crippen LogP contribution < -0.4 is 0 Å². The molecule has 0 aromatic heterocycles. The van der Waals surface area contributed by atoms with Crippen LogP contribution in [-0.2, 0) is 0 Å². The Morgan fingerprint density at radius 1 is 0.792 bits per heavy atom. The van der Waals surface area contributed by atoms with Gasteiger partial charge in [-0.05, 0) is 43.1 Å². The molecule has 0 amide bonds. The van der Waals surface area contributed by atoms with E-state index in [-0.39, 0.29) is 0 Å². The van der Waals surface area contributed by atoms with Crippen molar-refractivity contribution in [2.24, 2.45) is 0 Å². The lowest BCUT2D eigenvalue weighted by atomic mass is 9.85. The molecule has 2 heterocycles. The number of rotatable bonds is 0. The van der Waals surface area contributed by atoms with Gasteiger partial charge in [0.1, 0.15) is 16.1 Å². The molecule has 0 N–H and O–H groups in total. The standard InChI is InChI=1S/C21H29NSi2/c1-22-18-10-11-19(22)21-17(13-15-24(5,6)7)9-8-16(20(18)21)12-14-23(2,3)4/h8-9,18-19H,10-11H2,1-7H3. The molecule has 0 saturated carbocycles. The minimum absolute atomic E-state index is 0.546. The second-order valence-electron chi connectivity index (χ2n) is 9.26. The van der Waals surface area contributed by atoms with Crippen LogP contribution >= 0.6 is 0 Å². The molecule has 1 aromatic rings. The van der Waals surface area contributed by atoms with Crippen molar-refractivity contribution in [2.75, 3.05) is 7.05 Å². The summed E-state index contributed by atoms with van der Waals surface area (Å²) in [6.45, 7) is 13.9. The third-order valence-corrected chi connectivity index (χ3v) is 6.54. The molecule has 2 atom stereocenters. The van der Waals surface area contributed by atoms with E-state index in [2.05, 4.69) is 86.3 Å². The molecule has 1 nitrogen and oxygen atoms in total. The zero-order valence-electron chi connectivity index (χ0n) is 16.2. The molecule has 24 heavy (non-hydrogen) atoms. The van der Waals surface area contributed by atoms with Crippen LogP contribution in [0.25, 0.3) is 0 Å². The van der Waals surface area contributed by atoms with Gasteiger partial charge in [0.15, 0.2) is 0 Å². The average Bonchev–Trinajstić information content (AvgIpc) is 2.95. The summed E-state index contributed by atoms with van der Waals surface area (Å²) in [5, 5.41) is 0. The van der Waals surface area contributed by atoms with Crippen molar-refractivity contribution < 1.29 is 0 Å². The summed E-state index contributed by atoms with van der Waals surface area (Å²) in [5.41, 5.74) is 12.6. The Morgan fingerprint density at radius 3 is 1.50 bits per heavy atom. The fourth-order valence-corrected chi connectivity index (χ4v) is 4.74. The van der Waals surface area contributed by atoms with Crippen LogP contribution in [0, 0.1) is 22.9 Å². The first-order chi connectivity index (χ1) is 11.1. The van der Waals surface area contributed by atoms with E-state index in [4.69, 9.17) is 0 Å². The Hall–Kier alpha value is -1.27. The smallest absolute Gasteiger partial charge is 0.129 e. The van der Waals surface area contributed by atoms with Crippen molar-refractivity contribution in [1.82, 2.24) is 4.90 Å². The molecular formula is C21H29NSi2. The predicted octanol–water partition coefficient (Wildman–Crippen LogP) is 4.97. The molecule has 126 valence electrons. The van der Waals surface area contributed by atoms with Crippen LogP contribution in [0.15, 0.2) is 12.1 Å². The van der Waals surface area contributed by atoms with E-state index in [1.165, 1.54) is 35.1 Å². The molecule has 3 heteroatoms. The van der Waals surface area contributed by atoms with E-state index in [1.54, 1.807) is 0 Å². The van der Waals surface area contributed by atoms with Gasteiger partial charge in [0.05, 0.1) is 0 Å². The van der Waals surface area contributed by atoms with Crippen LogP contribution in [0.3, 0.4) is 0 Å². The number of hydrogen-bond acceptors (Lipinski definition) is 1. The molecule has 1 fully saturated rings. The Balaban J connectivity index is 2.14. The Kier molecular flexibility index (Phi) is 4.33. The van der Waals surface area contributed by atoms with E-state index in [9.17, 15) is 0 Å². The van der Waals surface area contributed by atoms with Crippen molar-refractivity contribution in [1.29, 1.82) is 0 Å². The van der Waals surface area contributed by atoms with Crippen LogP contribution in [-0.4, -0.2) is 28.1 Å². The Bertz CT molecular complexity index is 721. The minimum Gasteiger partial charge on any atom is -0.292 e. The molecule has 2 unspecified atom stereocenters. The highest BCUT2D eigenvalue weighted by molar-refractivity contribution is 6.84. The van der Waals surface area contributed by atoms with Crippen molar-refractivity contribution in [2.45, 2.75) is 64.2 Å². The van der Waals surface area contributed by atoms with E-state index < -0.39 is 16.1 Å². The summed E-state index contributed by atoms with van der Waals surface area (Å²) in [7, 11) is -0.451. The molecule has 3 rings (SSSR count). The lowest BCUT2D eigenvalue weighted by Crippen LogP contribution is -2.17. The molecule has 0 spiro atoms. The maximum absolute atomic E-state index is 3.56. The van der Waals surface area contributed by atoms with Gasteiger partial charge in [0, 0.05) is 23.2 Å². The fraction of sp³-hybridized carbons (Fsp3) is 0.524. The predicted molar refractivity (Wildman–Crippen MR) is 109 cm³/mol. The molecule has 2 aliphatic rings. The Morgan fingerprint density at radius 2 is 1.17 bits per heavy atom. The topological polar surface area (TPSA) is 3.24 Å². The van der Waals surface area contributed by atoms with Gasteiger partial charge in [0.2, 0.25) is 0 Å². The second-order valence-corrected chi connectivity index (χ2v) is 18.8. The number of benzene rings is 1. The highest BCUT2D eigenvalue weighted by atomic mass is 28.3. The van der Waals surface area contributed by atoms with Crippen molar-refractivity contribution >= 4 is 16.1 Å². The monoisotopic (exact) mass is 351 g/mol. The molecule has 2 bridgehead atoms. The zero-order chi connectivity index (χ0) is 17.7. The van der Waals surface area contributed by atoms with E-state index in [0.717, 1.165) is 0 Å². The average molecular weight is 352 g/mol. The third-order valence-electron chi connectivity index (χ3n) is 4.79. The number of hydrogen-bond donors (Lipinski definition) is 0. The lowest BCUT2D eigenvalue weighted by Gasteiger charge is -2.17. The lowest BCUT2D eigenvalue weighted by molar-refractivity contribution is 0.280. The van der Waals surface area contributed by atoms with Crippen LogP contribution in [0.1, 0.15) is 47.2 Å². The maximum atomic E-state index is 3.56. The van der Waals surface area contributed by atoms with Gasteiger partial charge in [-0.1, -0.05) is 51.1 Å². The summed E-state index contributed by atoms with van der Waals surface area (Å²) in [6.07, 6.45) is 2.53. The quantitative estimate of drug-likeness (QED) is 0.471. The zero-order valence-corrected chi connectivity index (χ0v) is 18.2. The summed E-state index contributed by atoms with van der Waals surface area (Å²) in [6, 6.07) is 5.55. The third kappa shape index (κ3) is 3.40. The first kappa shape index (κ1) is 17.6. The van der Waals surface area contributed by atoms with Crippen molar-refractivity contribution in [3.05, 3.63) is 34.4 Å². The highest BCUT2D eigenvalue weighted by Gasteiger charge is 2.44. The number of fused-ring (bicyclic) bond motifs is 5. The first-order valence-corrected chi connectivity index (χ1v) is 16.0. The van der Waals surface area contributed by atoms with Crippen LogP contribution in [0.5, 0.6) is 0 Å². The van der Waals surface area contributed by atoms with Crippen molar-refractivity contribution in [3.8, 4) is 22.9 Å². The maximum Gasteiger partial charge on any atom is 0.129 e.